The van der Waals surface area contributed by atoms with Crippen LogP contribution < -0.4 is 15.8 Å². The minimum Gasteiger partial charge on any atom is -0.484 e. The number of ether oxygens (including phenoxy) is 1. The van der Waals surface area contributed by atoms with E-state index in [-0.39, 0.29) is 12.5 Å². The molecule has 0 saturated carbocycles. The van der Waals surface area contributed by atoms with Crippen molar-refractivity contribution < 1.29 is 9.53 Å². The van der Waals surface area contributed by atoms with Crippen molar-refractivity contribution in [3.63, 3.8) is 0 Å². The molecule has 3 N–H and O–H groups in total. The standard InChI is InChI=1S/C16H17ClN2O2/c1-11-2-5-13(17)8-15(11)19-16(20)10-21-14-6-3-12(9-18)4-7-14/h2-8H,9-10,18H2,1H3,(H,19,20). The van der Waals surface area contributed by atoms with Crippen molar-refractivity contribution >= 4 is 23.2 Å². The van der Waals surface area contributed by atoms with Crippen LogP contribution in [0.5, 0.6) is 5.75 Å². The summed E-state index contributed by atoms with van der Waals surface area (Å²) in [5.74, 6) is 0.397. The molecule has 0 bridgehead atoms. The van der Waals surface area contributed by atoms with Crippen LogP contribution in [-0.2, 0) is 11.3 Å². The van der Waals surface area contributed by atoms with Crippen LogP contribution in [0.4, 0.5) is 5.69 Å². The third-order valence-corrected chi connectivity index (χ3v) is 3.24. The summed E-state index contributed by atoms with van der Waals surface area (Å²) >= 11 is 5.91. The maximum atomic E-state index is 11.9. The zero-order chi connectivity index (χ0) is 15.2. The van der Waals surface area contributed by atoms with Gasteiger partial charge in [-0.2, -0.15) is 0 Å². The molecule has 0 aromatic heterocycles. The Hall–Kier alpha value is -2.04. The van der Waals surface area contributed by atoms with Crippen molar-refractivity contribution in [2.45, 2.75) is 13.5 Å². The topological polar surface area (TPSA) is 64.3 Å². The first-order valence-corrected chi connectivity index (χ1v) is 6.94. The number of anilines is 1. The van der Waals surface area contributed by atoms with Gasteiger partial charge < -0.3 is 15.8 Å². The number of amides is 1. The van der Waals surface area contributed by atoms with E-state index in [0.29, 0.717) is 23.0 Å². The van der Waals surface area contributed by atoms with Gasteiger partial charge in [-0.15, -0.1) is 0 Å². The Morgan fingerprint density at radius 3 is 2.62 bits per heavy atom. The van der Waals surface area contributed by atoms with Crippen LogP contribution in [0.3, 0.4) is 0 Å². The van der Waals surface area contributed by atoms with Crippen LogP contribution in [0.1, 0.15) is 11.1 Å². The molecule has 2 aromatic rings. The smallest absolute Gasteiger partial charge is 0.262 e. The summed E-state index contributed by atoms with van der Waals surface area (Å²) in [5.41, 5.74) is 8.17. The molecule has 0 saturated heterocycles. The maximum absolute atomic E-state index is 11.9. The van der Waals surface area contributed by atoms with E-state index in [0.717, 1.165) is 11.1 Å². The van der Waals surface area contributed by atoms with Crippen molar-refractivity contribution in [2.24, 2.45) is 5.73 Å². The van der Waals surface area contributed by atoms with Crippen molar-refractivity contribution in [1.29, 1.82) is 0 Å². The molecular formula is C16H17ClN2O2. The molecule has 0 radical (unpaired) electrons. The number of hydrogen-bond acceptors (Lipinski definition) is 3. The number of carbonyl (C=O) groups is 1. The predicted octanol–water partition coefficient (Wildman–Crippen LogP) is 3.12. The molecule has 4 nitrogen and oxygen atoms in total. The molecule has 110 valence electrons. The third-order valence-electron chi connectivity index (χ3n) is 3.00. The average molecular weight is 305 g/mol. The number of nitrogens with two attached hydrogens (primary N) is 1. The molecule has 0 aliphatic heterocycles. The normalized spacial score (nSPS) is 10.2. The van der Waals surface area contributed by atoms with Crippen LogP contribution in [0, 0.1) is 6.92 Å². The van der Waals surface area contributed by atoms with Gasteiger partial charge in [0.1, 0.15) is 5.75 Å². The zero-order valence-electron chi connectivity index (χ0n) is 11.7. The number of carbonyl (C=O) groups excluding carboxylic acids is 1. The highest BCUT2D eigenvalue weighted by atomic mass is 35.5. The Morgan fingerprint density at radius 1 is 1.24 bits per heavy atom. The number of rotatable bonds is 5. The molecule has 0 aliphatic carbocycles. The second-order valence-electron chi connectivity index (χ2n) is 4.64. The van der Waals surface area contributed by atoms with E-state index >= 15 is 0 Å². The molecular weight excluding hydrogens is 288 g/mol. The van der Waals surface area contributed by atoms with E-state index in [1.54, 1.807) is 24.3 Å². The van der Waals surface area contributed by atoms with Crippen molar-refractivity contribution in [1.82, 2.24) is 0 Å². The number of benzene rings is 2. The molecule has 0 aliphatic rings. The quantitative estimate of drug-likeness (QED) is 0.892. The van der Waals surface area contributed by atoms with E-state index in [1.165, 1.54) is 0 Å². The first-order chi connectivity index (χ1) is 10.1. The third kappa shape index (κ3) is 4.48. The number of nitrogens with one attached hydrogen (secondary N) is 1. The van der Waals surface area contributed by atoms with Gasteiger partial charge in [0.15, 0.2) is 6.61 Å². The molecule has 0 fully saturated rings. The first-order valence-electron chi connectivity index (χ1n) is 6.56. The van der Waals surface area contributed by atoms with Crippen LogP contribution in [-0.4, -0.2) is 12.5 Å². The average Bonchev–Trinajstić information content (AvgIpc) is 2.49. The monoisotopic (exact) mass is 304 g/mol. The zero-order valence-corrected chi connectivity index (χ0v) is 12.5. The molecule has 0 heterocycles. The molecule has 2 rings (SSSR count). The van der Waals surface area contributed by atoms with Crippen LogP contribution in [0.2, 0.25) is 5.02 Å². The highest BCUT2D eigenvalue weighted by Gasteiger charge is 2.06. The lowest BCUT2D eigenvalue weighted by atomic mass is 10.2. The summed E-state index contributed by atoms with van der Waals surface area (Å²) in [4.78, 5) is 11.9. The lowest BCUT2D eigenvalue weighted by Crippen LogP contribution is -2.20. The SMILES string of the molecule is Cc1ccc(Cl)cc1NC(=O)COc1ccc(CN)cc1. The van der Waals surface area contributed by atoms with E-state index in [9.17, 15) is 4.79 Å². The maximum Gasteiger partial charge on any atom is 0.262 e. The van der Waals surface area contributed by atoms with Gasteiger partial charge in [0.25, 0.3) is 5.91 Å². The predicted molar refractivity (Wildman–Crippen MR) is 84.6 cm³/mol. The van der Waals surface area contributed by atoms with Gasteiger partial charge in [-0.05, 0) is 42.3 Å². The molecule has 21 heavy (non-hydrogen) atoms. The second kappa shape index (κ2) is 7.11. The van der Waals surface area contributed by atoms with E-state index in [1.807, 2.05) is 25.1 Å². The molecule has 0 atom stereocenters. The fourth-order valence-electron chi connectivity index (χ4n) is 1.79. The largest absolute Gasteiger partial charge is 0.484 e. The highest BCUT2D eigenvalue weighted by molar-refractivity contribution is 6.31. The minimum atomic E-state index is -0.233. The van der Waals surface area contributed by atoms with Crippen LogP contribution >= 0.6 is 11.6 Å². The Morgan fingerprint density at radius 2 is 1.95 bits per heavy atom. The summed E-state index contributed by atoms with van der Waals surface area (Å²) in [7, 11) is 0. The van der Waals surface area contributed by atoms with Gasteiger partial charge in [-0.1, -0.05) is 29.8 Å². The summed E-state index contributed by atoms with van der Waals surface area (Å²) < 4.78 is 5.42. The van der Waals surface area contributed by atoms with Crippen LogP contribution in [0.15, 0.2) is 42.5 Å². The Kier molecular flexibility index (Phi) is 5.20. The van der Waals surface area contributed by atoms with E-state index in [2.05, 4.69) is 5.32 Å². The first kappa shape index (κ1) is 15.4. The second-order valence-corrected chi connectivity index (χ2v) is 5.08. The van der Waals surface area contributed by atoms with Gasteiger partial charge in [0.05, 0.1) is 0 Å². The summed E-state index contributed by atoms with van der Waals surface area (Å²) in [5, 5.41) is 3.35. The minimum absolute atomic E-state index is 0.0616. The van der Waals surface area contributed by atoms with Crippen molar-refractivity contribution in [2.75, 3.05) is 11.9 Å². The van der Waals surface area contributed by atoms with E-state index < -0.39 is 0 Å². The lowest BCUT2D eigenvalue weighted by Gasteiger charge is -2.10. The summed E-state index contributed by atoms with van der Waals surface area (Å²) in [6, 6.07) is 12.7. The molecule has 0 unspecified atom stereocenters. The fraction of sp³-hybridized carbons (Fsp3) is 0.188. The Balaban J connectivity index is 1.91. The lowest BCUT2D eigenvalue weighted by molar-refractivity contribution is -0.118. The van der Waals surface area contributed by atoms with Gasteiger partial charge in [-0.3, -0.25) is 4.79 Å². The summed E-state index contributed by atoms with van der Waals surface area (Å²) in [6.07, 6.45) is 0. The number of hydrogen-bond donors (Lipinski definition) is 2. The van der Waals surface area contributed by atoms with Gasteiger partial charge in [0, 0.05) is 17.3 Å². The fourth-order valence-corrected chi connectivity index (χ4v) is 1.96. The molecule has 2 aromatic carbocycles. The van der Waals surface area contributed by atoms with Gasteiger partial charge in [0.2, 0.25) is 0 Å². The molecule has 0 spiro atoms. The number of halogens is 1. The Labute approximate surface area is 128 Å². The summed E-state index contributed by atoms with van der Waals surface area (Å²) in [6.45, 7) is 2.32. The van der Waals surface area contributed by atoms with Crippen molar-refractivity contribution in [3.8, 4) is 5.75 Å². The molecule has 5 heteroatoms. The molecule has 1 amide bonds. The van der Waals surface area contributed by atoms with Gasteiger partial charge >= 0.3 is 0 Å². The van der Waals surface area contributed by atoms with E-state index in [4.69, 9.17) is 22.1 Å². The van der Waals surface area contributed by atoms with Gasteiger partial charge in [-0.25, -0.2) is 0 Å². The van der Waals surface area contributed by atoms with Crippen molar-refractivity contribution in [3.05, 3.63) is 58.6 Å². The van der Waals surface area contributed by atoms with Crippen LogP contribution in [0.25, 0.3) is 0 Å². The number of aryl methyl sites for hydroxylation is 1. The Bertz CT molecular complexity index is 627. The highest BCUT2D eigenvalue weighted by Crippen LogP contribution is 2.20.